The van der Waals surface area contributed by atoms with E-state index in [1.165, 1.54) is 22.9 Å². The lowest BCUT2D eigenvalue weighted by Gasteiger charge is -2.10. The topological polar surface area (TPSA) is 53.1 Å². The van der Waals surface area contributed by atoms with E-state index in [9.17, 15) is 13.2 Å². The number of halogens is 3. The average Bonchev–Trinajstić information content (AvgIpc) is 2.55. The van der Waals surface area contributed by atoms with E-state index in [0.29, 0.717) is 17.2 Å². The Morgan fingerprint density at radius 1 is 1.28 bits per heavy atom. The molecular weight excluding hydrogens is 247 g/mol. The van der Waals surface area contributed by atoms with Crippen LogP contribution in [0.1, 0.15) is 5.69 Å². The van der Waals surface area contributed by atoms with Gasteiger partial charge in [-0.1, -0.05) is 6.07 Å². The SMILES string of the molecule is Cc1cc(N)n(-c2cccc(OC(F)(F)F)c2)n1. The van der Waals surface area contributed by atoms with Crippen LogP contribution in [0.15, 0.2) is 30.3 Å². The molecule has 0 radical (unpaired) electrons. The highest BCUT2D eigenvalue weighted by Gasteiger charge is 2.31. The Morgan fingerprint density at radius 2 is 2.00 bits per heavy atom. The molecule has 0 amide bonds. The monoisotopic (exact) mass is 257 g/mol. The molecule has 96 valence electrons. The van der Waals surface area contributed by atoms with Crippen molar-refractivity contribution >= 4 is 5.82 Å². The molecule has 0 saturated heterocycles. The number of rotatable bonds is 2. The largest absolute Gasteiger partial charge is 0.573 e. The first-order chi connectivity index (χ1) is 8.35. The molecule has 18 heavy (non-hydrogen) atoms. The maximum atomic E-state index is 12.1. The second-order valence-electron chi connectivity index (χ2n) is 3.67. The van der Waals surface area contributed by atoms with E-state index < -0.39 is 6.36 Å². The number of hydrogen-bond donors (Lipinski definition) is 1. The van der Waals surface area contributed by atoms with Crippen LogP contribution in [0.25, 0.3) is 5.69 Å². The number of nitrogens with zero attached hydrogens (tertiary/aromatic N) is 2. The number of nitrogens with two attached hydrogens (primary N) is 1. The van der Waals surface area contributed by atoms with Gasteiger partial charge in [0.1, 0.15) is 11.6 Å². The third kappa shape index (κ3) is 2.73. The Morgan fingerprint density at radius 3 is 2.56 bits per heavy atom. The summed E-state index contributed by atoms with van der Waals surface area (Å²) in [6.45, 7) is 1.74. The summed E-state index contributed by atoms with van der Waals surface area (Å²) >= 11 is 0. The first kappa shape index (κ1) is 12.3. The minimum Gasteiger partial charge on any atom is -0.406 e. The predicted molar refractivity (Wildman–Crippen MR) is 59.4 cm³/mol. The van der Waals surface area contributed by atoms with Crippen LogP contribution < -0.4 is 10.5 Å². The van der Waals surface area contributed by atoms with Crippen LogP contribution >= 0.6 is 0 Å². The maximum absolute atomic E-state index is 12.1. The molecule has 4 nitrogen and oxygen atoms in total. The number of anilines is 1. The number of ether oxygens (including phenoxy) is 1. The number of nitrogen functional groups attached to an aromatic ring is 1. The fourth-order valence-electron chi connectivity index (χ4n) is 1.54. The van der Waals surface area contributed by atoms with Crippen molar-refractivity contribution < 1.29 is 17.9 Å². The molecule has 2 N–H and O–H groups in total. The smallest absolute Gasteiger partial charge is 0.406 e. The minimum absolute atomic E-state index is 0.312. The molecule has 1 heterocycles. The zero-order chi connectivity index (χ0) is 13.3. The Balaban J connectivity index is 2.36. The van der Waals surface area contributed by atoms with Crippen molar-refractivity contribution in [1.82, 2.24) is 9.78 Å². The van der Waals surface area contributed by atoms with Crippen molar-refractivity contribution in [1.29, 1.82) is 0 Å². The van der Waals surface area contributed by atoms with Gasteiger partial charge in [0.2, 0.25) is 0 Å². The van der Waals surface area contributed by atoms with E-state index in [0.717, 1.165) is 0 Å². The van der Waals surface area contributed by atoms with Crippen molar-refractivity contribution in [3.05, 3.63) is 36.0 Å². The van der Waals surface area contributed by atoms with Crippen LogP contribution in [0.2, 0.25) is 0 Å². The quantitative estimate of drug-likeness (QED) is 0.899. The predicted octanol–water partition coefficient (Wildman–Crippen LogP) is 2.66. The zero-order valence-electron chi connectivity index (χ0n) is 9.40. The van der Waals surface area contributed by atoms with E-state index >= 15 is 0 Å². The molecule has 0 bridgehead atoms. The van der Waals surface area contributed by atoms with Crippen LogP contribution in [0, 0.1) is 6.92 Å². The second-order valence-corrected chi connectivity index (χ2v) is 3.67. The standard InChI is InChI=1S/C11H10F3N3O/c1-7-5-10(15)17(16-7)8-3-2-4-9(6-8)18-11(12,13)14/h2-6H,15H2,1H3. The maximum Gasteiger partial charge on any atom is 0.573 e. The molecule has 0 aliphatic carbocycles. The molecule has 0 aliphatic heterocycles. The van der Waals surface area contributed by atoms with E-state index in [1.807, 2.05) is 0 Å². The lowest BCUT2D eigenvalue weighted by Crippen LogP contribution is -2.17. The van der Waals surface area contributed by atoms with Gasteiger partial charge >= 0.3 is 6.36 Å². The van der Waals surface area contributed by atoms with Gasteiger partial charge < -0.3 is 10.5 Å². The lowest BCUT2D eigenvalue weighted by molar-refractivity contribution is -0.274. The van der Waals surface area contributed by atoms with Crippen molar-refractivity contribution in [2.45, 2.75) is 13.3 Å². The number of aromatic nitrogens is 2. The molecule has 0 aliphatic rings. The van der Waals surface area contributed by atoms with Gasteiger partial charge in [-0.05, 0) is 19.1 Å². The normalized spacial score (nSPS) is 11.6. The summed E-state index contributed by atoms with van der Waals surface area (Å²) in [5, 5.41) is 4.07. The van der Waals surface area contributed by atoms with Crippen molar-refractivity contribution in [3.63, 3.8) is 0 Å². The van der Waals surface area contributed by atoms with Gasteiger partial charge in [-0.15, -0.1) is 13.2 Å². The summed E-state index contributed by atoms with van der Waals surface area (Å²) in [5.41, 5.74) is 6.77. The third-order valence-electron chi connectivity index (χ3n) is 2.15. The summed E-state index contributed by atoms with van der Waals surface area (Å²) < 4.78 is 41.4. The molecule has 7 heteroatoms. The molecule has 1 aromatic carbocycles. The van der Waals surface area contributed by atoms with Gasteiger partial charge in [0.05, 0.1) is 11.4 Å². The van der Waals surface area contributed by atoms with Crippen LogP contribution in [0.3, 0.4) is 0 Å². The fourth-order valence-corrected chi connectivity index (χ4v) is 1.54. The number of hydrogen-bond acceptors (Lipinski definition) is 3. The Labute approximate surface area is 101 Å². The summed E-state index contributed by atoms with van der Waals surface area (Å²) in [4.78, 5) is 0. The van der Waals surface area contributed by atoms with Gasteiger partial charge in [0, 0.05) is 12.1 Å². The summed E-state index contributed by atoms with van der Waals surface area (Å²) in [7, 11) is 0. The van der Waals surface area contributed by atoms with Gasteiger partial charge in [0.15, 0.2) is 0 Å². The van der Waals surface area contributed by atoms with Crippen molar-refractivity contribution in [2.24, 2.45) is 0 Å². The molecule has 0 atom stereocenters. The minimum atomic E-state index is -4.72. The number of benzene rings is 1. The summed E-state index contributed by atoms with van der Waals surface area (Å²) in [6.07, 6.45) is -4.72. The highest BCUT2D eigenvalue weighted by Crippen LogP contribution is 2.25. The fraction of sp³-hybridized carbons (Fsp3) is 0.182. The Bertz CT molecular complexity index is 563. The van der Waals surface area contributed by atoms with Gasteiger partial charge in [-0.2, -0.15) is 5.10 Å². The van der Waals surface area contributed by atoms with Gasteiger partial charge in [0.25, 0.3) is 0 Å². The molecule has 1 aromatic heterocycles. The Kier molecular flexibility index (Phi) is 2.90. The molecule has 2 rings (SSSR count). The lowest BCUT2D eigenvalue weighted by atomic mass is 10.3. The second kappa shape index (κ2) is 4.25. The van der Waals surface area contributed by atoms with E-state index in [1.54, 1.807) is 19.1 Å². The molecule has 0 fully saturated rings. The first-order valence-corrected chi connectivity index (χ1v) is 5.03. The molecule has 2 aromatic rings. The summed E-state index contributed by atoms with van der Waals surface area (Å²) in [6, 6.07) is 7.08. The van der Waals surface area contributed by atoms with E-state index in [4.69, 9.17) is 5.73 Å². The van der Waals surface area contributed by atoms with Crippen LogP contribution in [0.5, 0.6) is 5.75 Å². The zero-order valence-corrected chi connectivity index (χ0v) is 9.40. The molecule has 0 spiro atoms. The summed E-state index contributed by atoms with van der Waals surface area (Å²) in [5.74, 6) is 0.0317. The average molecular weight is 257 g/mol. The van der Waals surface area contributed by atoms with Gasteiger partial charge in [-0.25, -0.2) is 4.68 Å². The molecule has 0 unspecified atom stereocenters. The third-order valence-corrected chi connectivity index (χ3v) is 2.15. The molecule has 0 saturated carbocycles. The van der Waals surface area contributed by atoms with Crippen LogP contribution in [-0.4, -0.2) is 16.1 Å². The van der Waals surface area contributed by atoms with E-state index in [-0.39, 0.29) is 5.75 Å². The highest BCUT2D eigenvalue weighted by molar-refractivity contribution is 5.45. The van der Waals surface area contributed by atoms with E-state index in [2.05, 4.69) is 9.84 Å². The van der Waals surface area contributed by atoms with Crippen molar-refractivity contribution in [2.75, 3.05) is 5.73 Å². The number of alkyl halides is 3. The first-order valence-electron chi connectivity index (χ1n) is 5.03. The Hall–Kier alpha value is -2.18. The van der Waals surface area contributed by atoms with Gasteiger partial charge in [-0.3, -0.25) is 0 Å². The van der Waals surface area contributed by atoms with Crippen LogP contribution in [-0.2, 0) is 0 Å². The van der Waals surface area contributed by atoms with Crippen molar-refractivity contribution in [3.8, 4) is 11.4 Å². The highest BCUT2D eigenvalue weighted by atomic mass is 19.4. The molecular formula is C11H10F3N3O. The number of aryl methyl sites for hydroxylation is 1. The van der Waals surface area contributed by atoms with Crippen LogP contribution in [0.4, 0.5) is 19.0 Å².